The first-order valence-electron chi connectivity index (χ1n) is 14.7. The summed E-state index contributed by atoms with van der Waals surface area (Å²) in [5.74, 6) is 0.902. The van der Waals surface area contributed by atoms with Gasteiger partial charge >= 0.3 is 0 Å². The topological polar surface area (TPSA) is 0 Å². The first kappa shape index (κ1) is 22.6. The Hall–Kier alpha value is -4.16. The van der Waals surface area contributed by atoms with Crippen LogP contribution >= 0.6 is 0 Å². The van der Waals surface area contributed by atoms with Crippen molar-refractivity contribution in [3.8, 4) is 11.1 Å². The van der Waals surface area contributed by atoms with E-state index >= 15 is 0 Å². The second kappa shape index (κ2) is 7.32. The van der Waals surface area contributed by atoms with Crippen LogP contribution in [0.3, 0.4) is 0 Å². The first-order valence-corrected chi connectivity index (χ1v) is 14.7. The van der Waals surface area contributed by atoms with Crippen molar-refractivity contribution in [2.75, 3.05) is 0 Å². The highest BCUT2D eigenvalue weighted by Gasteiger charge is 2.47. The van der Waals surface area contributed by atoms with Crippen LogP contribution in [0.5, 0.6) is 0 Å². The van der Waals surface area contributed by atoms with Gasteiger partial charge in [0, 0.05) is 11.3 Å². The molecule has 6 aromatic rings. The van der Waals surface area contributed by atoms with E-state index in [2.05, 4.69) is 137 Å². The largest absolute Gasteiger partial charge is 0.0790 e. The van der Waals surface area contributed by atoms with Crippen LogP contribution in [0.2, 0.25) is 0 Å². The predicted octanol–water partition coefficient (Wildman–Crippen LogP) is 10.5. The van der Waals surface area contributed by atoms with E-state index in [1.54, 1.807) is 0 Å². The molecule has 2 unspecified atom stereocenters. The van der Waals surface area contributed by atoms with Crippen molar-refractivity contribution < 1.29 is 0 Å². The molecule has 0 amide bonds. The van der Waals surface area contributed by atoms with E-state index in [-0.39, 0.29) is 10.8 Å². The van der Waals surface area contributed by atoms with Gasteiger partial charge in [-0.15, -0.1) is 0 Å². The minimum absolute atomic E-state index is 0.0372. The van der Waals surface area contributed by atoms with Crippen LogP contribution in [0.1, 0.15) is 67.0 Å². The zero-order valence-electron chi connectivity index (χ0n) is 23.5. The summed E-state index contributed by atoms with van der Waals surface area (Å²) in [7, 11) is 0. The maximum absolute atomic E-state index is 2.55. The van der Waals surface area contributed by atoms with Crippen LogP contribution in [0.15, 0.2) is 103 Å². The predicted molar refractivity (Wildman–Crippen MR) is 170 cm³/mol. The lowest BCUT2D eigenvalue weighted by Gasteiger charge is -2.32. The van der Waals surface area contributed by atoms with E-state index in [0.29, 0.717) is 11.8 Å². The lowest BCUT2D eigenvalue weighted by molar-refractivity contribution is 0.391. The summed E-state index contributed by atoms with van der Waals surface area (Å²) in [4.78, 5) is 0. The number of rotatable bonds is 0. The molecule has 0 nitrogen and oxygen atoms in total. The monoisotopic (exact) mass is 512 g/mol. The summed E-state index contributed by atoms with van der Waals surface area (Å²) in [5, 5.41) is 8.14. The van der Waals surface area contributed by atoms with Gasteiger partial charge in [0.25, 0.3) is 0 Å². The van der Waals surface area contributed by atoms with Crippen molar-refractivity contribution >= 4 is 38.4 Å². The average molecular weight is 513 g/mol. The standard InChI is InChI=1S/C40H32/c1-39(2)33-17-15-23-9-5-7-11-27(23)37(33)31-19-25-13-14-26-20-32-36(22-30(26)29(25)21-35(31)39)40(3,4)34-18-16-24-10-6-8-12-28(24)38(32)34/h5-22,33,37H,1-4H3. The van der Waals surface area contributed by atoms with Crippen LogP contribution in [0, 0.1) is 5.92 Å². The summed E-state index contributed by atoms with van der Waals surface area (Å²) in [5.41, 5.74) is 11.6. The van der Waals surface area contributed by atoms with Crippen LogP contribution in [-0.2, 0) is 10.8 Å². The molecule has 0 bridgehead atoms. The van der Waals surface area contributed by atoms with Gasteiger partial charge in [-0.2, -0.15) is 0 Å². The molecule has 0 aliphatic heterocycles. The van der Waals surface area contributed by atoms with E-state index in [0.717, 1.165) is 0 Å². The highest BCUT2D eigenvalue weighted by molar-refractivity contribution is 6.12. The van der Waals surface area contributed by atoms with Gasteiger partial charge in [0.15, 0.2) is 0 Å². The molecule has 0 spiro atoms. The van der Waals surface area contributed by atoms with Gasteiger partial charge < -0.3 is 0 Å². The normalized spacial score (nSPS) is 20.8. The molecular weight excluding hydrogens is 480 g/mol. The minimum atomic E-state index is -0.0372. The molecule has 0 saturated heterocycles. The van der Waals surface area contributed by atoms with Gasteiger partial charge in [0.1, 0.15) is 0 Å². The van der Waals surface area contributed by atoms with Crippen molar-refractivity contribution in [2.45, 2.75) is 44.4 Å². The Morgan fingerprint density at radius 2 is 1.25 bits per heavy atom. The lowest BCUT2D eigenvalue weighted by Crippen LogP contribution is -2.26. The zero-order chi connectivity index (χ0) is 27.0. The Morgan fingerprint density at radius 3 is 2.10 bits per heavy atom. The number of hydrogen-bond donors (Lipinski definition) is 0. The number of hydrogen-bond acceptors (Lipinski definition) is 0. The Labute approximate surface area is 236 Å². The Morgan fingerprint density at radius 1 is 0.550 bits per heavy atom. The van der Waals surface area contributed by atoms with Crippen molar-refractivity contribution in [1.82, 2.24) is 0 Å². The molecule has 3 aliphatic carbocycles. The summed E-state index contributed by atoms with van der Waals surface area (Å²) >= 11 is 0. The summed E-state index contributed by atoms with van der Waals surface area (Å²) < 4.78 is 0. The summed E-state index contributed by atoms with van der Waals surface area (Å²) in [6.07, 6.45) is 4.83. The van der Waals surface area contributed by atoms with Gasteiger partial charge in [0.2, 0.25) is 0 Å². The third-order valence-corrected chi connectivity index (χ3v) is 10.7. The molecule has 0 heterocycles. The number of allylic oxidation sites excluding steroid dienone is 1. The molecule has 0 saturated carbocycles. The molecule has 0 fully saturated rings. The third kappa shape index (κ3) is 2.67. The highest BCUT2D eigenvalue weighted by atomic mass is 14.5. The molecule has 9 rings (SSSR count). The second-order valence-electron chi connectivity index (χ2n) is 13.4. The number of fused-ring (bicyclic) bond motifs is 13. The molecule has 2 atom stereocenters. The van der Waals surface area contributed by atoms with Crippen molar-refractivity contribution in [3.05, 3.63) is 137 Å². The average Bonchev–Trinajstić information content (AvgIpc) is 3.34. The quantitative estimate of drug-likeness (QED) is 0.178. The van der Waals surface area contributed by atoms with Gasteiger partial charge in [-0.05, 0) is 106 Å². The fourth-order valence-corrected chi connectivity index (χ4v) is 8.59. The smallest absolute Gasteiger partial charge is 0.0170 e. The van der Waals surface area contributed by atoms with Gasteiger partial charge in [-0.3, -0.25) is 0 Å². The van der Waals surface area contributed by atoms with Crippen LogP contribution in [0.4, 0.5) is 0 Å². The summed E-state index contributed by atoms with van der Waals surface area (Å²) in [6.45, 7) is 9.71. The van der Waals surface area contributed by atoms with Crippen molar-refractivity contribution in [2.24, 2.45) is 5.92 Å². The maximum atomic E-state index is 2.55. The molecular formula is C40H32. The van der Waals surface area contributed by atoms with Gasteiger partial charge in [-0.25, -0.2) is 0 Å². The molecule has 0 aromatic heterocycles. The van der Waals surface area contributed by atoms with E-state index in [4.69, 9.17) is 0 Å². The highest BCUT2D eigenvalue weighted by Crippen LogP contribution is 2.58. The van der Waals surface area contributed by atoms with Crippen molar-refractivity contribution in [1.29, 1.82) is 0 Å². The Bertz CT molecular complexity index is 2120. The van der Waals surface area contributed by atoms with Crippen LogP contribution in [0.25, 0.3) is 49.5 Å². The van der Waals surface area contributed by atoms with E-state index in [9.17, 15) is 0 Å². The molecule has 192 valence electrons. The fraction of sp³-hybridized carbons (Fsp3) is 0.200. The SMILES string of the molecule is CC1(C)c2cc3c(ccc4cc5c(cc43)C(C)(C)C3C=Cc4ccccc4C53)cc2-c2c1ccc1ccccc21. The van der Waals surface area contributed by atoms with Crippen LogP contribution < -0.4 is 0 Å². The van der Waals surface area contributed by atoms with E-state index in [1.165, 1.54) is 76.8 Å². The molecule has 0 heteroatoms. The van der Waals surface area contributed by atoms with Crippen molar-refractivity contribution in [3.63, 3.8) is 0 Å². The first-order chi connectivity index (χ1) is 19.3. The van der Waals surface area contributed by atoms with E-state index in [1.807, 2.05) is 0 Å². The van der Waals surface area contributed by atoms with Gasteiger partial charge in [-0.1, -0.05) is 119 Å². The zero-order valence-corrected chi connectivity index (χ0v) is 23.5. The molecule has 6 aromatic carbocycles. The Balaban J connectivity index is 1.32. The molecule has 3 aliphatic rings. The van der Waals surface area contributed by atoms with E-state index < -0.39 is 0 Å². The second-order valence-corrected chi connectivity index (χ2v) is 13.4. The van der Waals surface area contributed by atoms with Crippen LogP contribution in [-0.4, -0.2) is 0 Å². The Kier molecular flexibility index (Phi) is 4.14. The van der Waals surface area contributed by atoms with Gasteiger partial charge in [0.05, 0.1) is 0 Å². The third-order valence-electron chi connectivity index (χ3n) is 10.7. The fourth-order valence-electron chi connectivity index (χ4n) is 8.59. The minimum Gasteiger partial charge on any atom is -0.0790 e. The number of benzene rings is 6. The molecule has 0 radical (unpaired) electrons. The lowest BCUT2D eigenvalue weighted by atomic mass is 9.71. The summed E-state index contributed by atoms with van der Waals surface area (Å²) in [6, 6.07) is 37.3. The maximum Gasteiger partial charge on any atom is 0.0170 e. The molecule has 40 heavy (non-hydrogen) atoms. The molecule has 0 N–H and O–H groups in total.